The van der Waals surface area contributed by atoms with Crippen LogP contribution in [0, 0.1) is 0 Å². The van der Waals surface area contributed by atoms with E-state index in [0.29, 0.717) is 0 Å². The van der Waals surface area contributed by atoms with Gasteiger partial charge < -0.3 is 14.2 Å². The Labute approximate surface area is 93.1 Å². The van der Waals surface area contributed by atoms with Gasteiger partial charge in [-0.2, -0.15) is 0 Å². The lowest BCUT2D eigenvalue weighted by molar-refractivity contribution is -0.112. The van der Waals surface area contributed by atoms with Crippen molar-refractivity contribution < 1.29 is 14.2 Å². The van der Waals surface area contributed by atoms with Gasteiger partial charge >= 0.3 is 0 Å². The molecule has 0 radical (unpaired) electrons. The normalized spacial score (nSPS) is 22.2. The second-order valence-electron chi connectivity index (χ2n) is 4.98. The maximum Gasteiger partial charge on any atom is 0.157 e. The summed E-state index contributed by atoms with van der Waals surface area (Å²) in [6.45, 7) is 8.70. The molecule has 0 aliphatic carbocycles. The second kappa shape index (κ2) is 6.46. The maximum atomic E-state index is 5.61. The molecule has 3 heteroatoms. The van der Waals surface area contributed by atoms with Crippen molar-refractivity contribution in [3.05, 3.63) is 0 Å². The van der Waals surface area contributed by atoms with Crippen LogP contribution in [0.5, 0.6) is 0 Å². The molecule has 1 aliphatic rings. The fourth-order valence-electron chi connectivity index (χ4n) is 1.48. The van der Waals surface area contributed by atoms with Gasteiger partial charge in [0.2, 0.25) is 0 Å². The lowest BCUT2D eigenvalue weighted by atomic mass is 10.2. The summed E-state index contributed by atoms with van der Waals surface area (Å²) in [6, 6.07) is 0. The van der Waals surface area contributed by atoms with Crippen molar-refractivity contribution in [3.8, 4) is 0 Å². The molecule has 90 valence electrons. The molecular weight excluding hydrogens is 192 g/mol. The number of rotatable bonds is 6. The predicted molar refractivity (Wildman–Crippen MR) is 59.9 cm³/mol. The Morgan fingerprint density at radius 2 is 1.93 bits per heavy atom. The average molecular weight is 216 g/mol. The van der Waals surface area contributed by atoms with E-state index in [1.54, 1.807) is 0 Å². The minimum Gasteiger partial charge on any atom is -0.376 e. The molecule has 1 unspecified atom stereocenters. The van der Waals surface area contributed by atoms with E-state index in [2.05, 4.69) is 20.8 Å². The van der Waals surface area contributed by atoms with E-state index in [-0.39, 0.29) is 11.9 Å². The van der Waals surface area contributed by atoms with Crippen LogP contribution in [0.4, 0.5) is 0 Å². The van der Waals surface area contributed by atoms with Crippen LogP contribution in [0.15, 0.2) is 0 Å². The van der Waals surface area contributed by atoms with E-state index in [9.17, 15) is 0 Å². The molecule has 0 aromatic rings. The molecule has 15 heavy (non-hydrogen) atoms. The molecule has 0 aromatic carbocycles. The SMILES string of the molecule is CC(C)(C)OCCCCOC1CCCO1. The van der Waals surface area contributed by atoms with E-state index in [0.717, 1.165) is 45.5 Å². The number of ether oxygens (including phenoxy) is 3. The van der Waals surface area contributed by atoms with Crippen molar-refractivity contribution in [2.24, 2.45) is 0 Å². The van der Waals surface area contributed by atoms with Gasteiger partial charge in [-0.1, -0.05) is 0 Å². The summed E-state index contributed by atoms with van der Waals surface area (Å²) >= 11 is 0. The molecule has 1 atom stereocenters. The number of unbranched alkanes of at least 4 members (excludes halogenated alkanes) is 1. The third-order valence-electron chi connectivity index (χ3n) is 2.27. The summed E-state index contributed by atoms with van der Waals surface area (Å²) in [5, 5.41) is 0. The quantitative estimate of drug-likeness (QED) is 0.639. The minimum atomic E-state index is -0.0184. The van der Waals surface area contributed by atoms with Crippen LogP contribution < -0.4 is 0 Å². The van der Waals surface area contributed by atoms with Gasteiger partial charge in [-0.25, -0.2) is 0 Å². The Hall–Kier alpha value is -0.120. The van der Waals surface area contributed by atoms with Crippen LogP contribution in [-0.2, 0) is 14.2 Å². The molecule has 0 saturated carbocycles. The standard InChI is InChI=1S/C12H24O3/c1-12(2,3)15-10-5-4-8-13-11-7-6-9-14-11/h11H,4-10H2,1-3H3. The van der Waals surface area contributed by atoms with Gasteiger partial charge in [0.25, 0.3) is 0 Å². The molecule has 0 aromatic heterocycles. The van der Waals surface area contributed by atoms with Crippen LogP contribution in [0.25, 0.3) is 0 Å². The Balaban J connectivity index is 1.84. The molecule has 1 heterocycles. The van der Waals surface area contributed by atoms with Crippen LogP contribution in [0.2, 0.25) is 0 Å². The highest BCUT2D eigenvalue weighted by molar-refractivity contribution is 4.58. The molecule has 1 aliphatic heterocycles. The fraction of sp³-hybridized carbons (Fsp3) is 1.00. The fourth-order valence-corrected chi connectivity index (χ4v) is 1.48. The van der Waals surface area contributed by atoms with E-state index < -0.39 is 0 Å². The summed E-state index contributed by atoms with van der Waals surface area (Å²) < 4.78 is 16.5. The first-order valence-electron chi connectivity index (χ1n) is 5.95. The van der Waals surface area contributed by atoms with Gasteiger partial charge in [0.05, 0.1) is 5.60 Å². The Kier molecular flexibility index (Phi) is 5.58. The highest BCUT2D eigenvalue weighted by atomic mass is 16.7. The van der Waals surface area contributed by atoms with Crippen molar-refractivity contribution in [1.82, 2.24) is 0 Å². The Morgan fingerprint density at radius 1 is 1.20 bits per heavy atom. The Morgan fingerprint density at radius 3 is 2.53 bits per heavy atom. The Bertz CT molecular complexity index is 157. The topological polar surface area (TPSA) is 27.7 Å². The van der Waals surface area contributed by atoms with Crippen molar-refractivity contribution in [3.63, 3.8) is 0 Å². The third kappa shape index (κ3) is 6.88. The van der Waals surface area contributed by atoms with Gasteiger partial charge in [-0.3, -0.25) is 0 Å². The zero-order chi connectivity index (χ0) is 11.1. The zero-order valence-electron chi connectivity index (χ0n) is 10.3. The van der Waals surface area contributed by atoms with Crippen LogP contribution >= 0.6 is 0 Å². The van der Waals surface area contributed by atoms with Gasteiger partial charge in [-0.05, 0) is 40.0 Å². The summed E-state index contributed by atoms with van der Waals surface area (Å²) in [4.78, 5) is 0. The van der Waals surface area contributed by atoms with Crippen LogP contribution in [0.1, 0.15) is 46.5 Å². The van der Waals surface area contributed by atoms with Gasteiger partial charge in [0.15, 0.2) is 6.29 Å². The summed E-state index contributed by atoms with van der Waals surface area (Å²) in [5.41, 5.74) is -0.0184. The van der Waals surface area contributed by atoms with Crippen LogP contribution in [-0.4, -0.2) is 31.7 Å². The highest BCUT2D eigenvalue weighted by Crippen LogP contribution is 2.13. The largest absolute Gasteiger partial charge is 0.376 e. The first kappa shape index (κ1) is 12.9. The molecular formula is C12H24O3. The summed E-state index contributed by atoms with van der Waals surface area (Å²) in [5.74, 6) is 0. The van der Waals surface area contributed by atoms with Gasteiger partial charge in [-0.15, -0.1) is 0 Å². The molecule has 1 rings (SSSR count). The maximum absolute atomic E-state index is 5.61. The summed E-state index contributed by atoms with van der Waals surface area (Å²) in [7, 11) is 0. The second-order valence-corrected chi connectivity index (χ2v) is 4.98. The van der Waals surface area contributed by atoms with Gasteiger partial charge in [0, 0.05) is 26.2 Å². The first-order valence-corrected chi connectivity index (χ1v) is 5.95. The molecule has 1 fully saturated rings. The van der Waals surface area contributed by atoms with Crippen LogP contribution in [0.3, 0.4) is 0 Å². The molecule has 0 bridgehead atoms. The van der Waals surface area contributed by atoms with E-state index >= 15 is 0 Å². The molecule has 1 saturated heterocycles. The van der Waals surface area contributed by atoms with Crippen molar-refractivity contribution in [2.75, 3.05) is 19.8 Å². The average Bonchev–Trinajstić information content (AvgIpc) is 2.61. The van der Waals surface area contributed by atoms with E-state index in [1.807, 2.05) is 0 Å². The summed E-state index contributed by atoms with van der Waals surface area (Å²) in [6.07, 6.45) is 4.37. The van der Waals surface area contributed by atoms with E-state index in [4.69, 9.17) is 14.2 Å². The number of hydrogen-bond acceptors (Lipinski definition) is 3. The van der Waals surface area contributed by atoms with Crippen molar-refractivity contribution in [2.45, 2.75) is 58.3 Å². The molecule has 0 spiro atoms. The minimum absolute atomic E-state index is 0.0184. The van der Waals surface area contributed by atoms with Crippen molar-refractivity contribution >= 4 is 0 Å². The number of hydrogen-bond donors (Lipinski definition) is 0. The van der Waals surface area contributed by atoms with E-state index in [1.165, 1.54) is 0 Å². The smallest absolute Gasteiger partial charge is 0.157 e. The highest BCUT2D eigenvalue weighted by Gasteiger charge is 2.15. The zero-order valence-corrected chi connectivity index (χ0v) is 10.3. The molecule has 0 N–H and O–H groups in total. The first-order chi connectivity index (χ1) is 7.08. The lowest BCUT2D eigenvalue weighted by Gasteiger charge is -2.19. The molecule has 0 amide bonds. The third-order valence-corrected chi connectivity index (χ3v) is 2.27. The predicted octanol–water partition coefficient (Wildman–Crippen LogP) is 2.73. The lowest BCUT2D eigenvalue weighted by Crippen LogP contribution is -2.20. The van der Waals surface area contributed by atoms with Crippen molar-refractivity contribution in [1.29, 1.82) is 0 Å². The van der Waals surface area contributed by atoms with Gasteiger partial charge in [0.1, 0.15) is 0 Å². The molecule has 3 nitrogen and oxygen atoms in total. The monoisotopic (exact) mass is 216 g/mol.